The summed E-state index contributed by atoms with van der Waals surface area (Å²) in [6.45, 7) is 5.12. The summed E-state index contributed by atoms with van der Waals surface area (Å²) in [4.78, 5) is 10.9. The van der Waals surface area contributed by atoms with Crippen molar-refractivity contribution in [3.05, 3.63) is 53.7 Å². The first-order valence-electron chi connectivity index (χ1n) is 9.50. The van der Waals surface area contributed by atoms with E-state index in [4.69, 9.17) is 4.74 Å². The van der Waals surface area contributed by atoms with Gasteiger partial charge in [-0.3, -0.25) is 4.99 Å². The van der Waals surface area contributed by atoms with Crippen molar-refractivity contribution in [2.24, 2.45) is 4.99 Å². The summed E-state index contributed by atoms with van der Waals surface area (Å²) in [6, 6.07) is 12.8. The SMILES string of the molecule is CN=C(NCc1ccnc(OC)c1)NC(C)c1cccc(N2CCCC2)c1.I. The molecule has 0 radical (unpaired) electrons. The number of hydrogen-bond acceptors (Lipinski definition) is 4. The molecule has 28 heavy (non-hydrogen) atoms. The molecule has 2 aromatic rings. The Morgan fingerprint density at radius 1 is 1.25 bits per heavy atom. The Balaban J connectivity index is 0.00000280. The second-order valence-electron chi connectivity index (χ2n) is 6.79. The average Bonchev–Trinajstić information content (AvgIpc) is 3.26. The molecule has 1 aromatic heterocycles. The smallest absolute Gasteiger partial charge is 0.213 e. The molecule has 0 amide bonds. The first-order chi connectivity index (χ1) is 13.2. The van der Waals surface area contributed by atoms with Gasteiger partial charge in [0.25, 0.3) is 0 Å². The standard InChI is InChI=1S/C21H29N5O.HI/c1-16(18-7-6-8-19(14-18)26-11-4-5-12-26)25-21(22-2)24-15-17-9-10-23-20(13-17)27-3;/h6-10,13-14,16H,4-5,11-12,15H2,1-3H3,(H2,22,24,25);1H. The van der Waals surface area contributed by atoms with E-state index < -0.39 is 0 Å². The summed E-state index contributed by atoms with van der Waals surface area (Å²) in [7, 11) is 3.41. The lowest BCUT2D eigenvalue weighted by molar-refractivity contribution is 0.397. The van der Waals surface area contributed by atoms with Crippen molar-refractivity contribution in [3.8, 4) is 5.88 Å². The zero-order chi connectivity index (χ0) is 19.1. The molecule has 1 unspecified atom stereocenters. The van der Waals surface area contributed by atoms with Crippen LogP contribution in [0.2, 0.25) is 0 Å². The fourth-order valence-corrected chi connectivity index (χ4v) is 3.31. The van der Waals surface area contributed by atoms with Crippen LogP contribution in [0.3, 0.4) is 0 Å². The largest absolute Gasteiger partial charge is 0.481 e. The van der Waals surface area contributed by atoms with E-state index in [1.807, 2.05) is 12.1 Å². The van der Waals surface area contributed by atoms with Gasteiger partial charge in [-0.2, -0.15) is 0 Å². The molecule has 2 N–H and O–H groups in total. The highest BCUT2D eigenvalue weighted by molar-refractivity contribution is 14.0. The highest BCUT2D eigenvalue weighted by Gasteiger charge is 2.14. The van der Waals surface area contributed by atoms with Gasteiger partial charge in [0.2, 0.25) is 5.88 Å². The van der Waals surface area contributed by atoms with Crippen LogP contribution in [0, 0.1) is 0 Å². The zero-order valence-corrected chi connectivity index (χ0v) is 19.1. The highest BCUT2D eigenvalue weighted by Crippen LogP contribution is 2.23. The number of aliphatic imine (C=N–C) groups is 1. The van der Waals surface area contributed by atoms with Crippen LogP contribution in [0.4, 0.5) is 5.69 Å². The molecule has 0 saturated carbocycles. The number of hydrogen-bond donors (Lipinski definition) is 2. The van der Waals surface area contributed by atoms with Crippen molar-refractivity contribution in [1.82, 2.24) is 15.6 Å². The second-order valence-corrected chi connectivity index (χ2v) is 6.79. The van der Waals surface area contributed by atoms with Crippen molar-refractivity contribution in [3.63, 3.8) is 0 Å². The molecule has 3 rings (SSSR count). The van der Waals surface area contributed by atoms with Gasteiger partial charge in [0, 0.05) is 44.6 Å². The predicted octanol–water partition coefficient (Wildman–Crippen LogP) is 3.73. The number of benzene rings is 1. The van der Waals surface area contributed by atoms with Crippen LogP contribution in [0.15, 0.2) is 47.6 Å². The van der Waals surface area contributed by atoms with Gasteiger partial charge in [0.1, 0.15) is 0 Å². The number of nitrogens with one attached hydrogen (secondary N) is 2. The summed E-state index contributed by atoms with van der Waals surface area (Å²) in [6.07, 6.45) is 4.32. The number of aromatic nitrogens is 1. The van der Waals surface area contributed by atoms with Crippen molar-refractivity contribution in [2.75, 3.05) is 32.1 Å². The van der Waals surface area contributed by atoms with Gasteiger partial charge in [0.05, 0.1) is 13.2 Å². The Hall–Kier alpha value is -2.03. The first-order valence-corrected chi connectivity index (χ1v) is 9.50. The average molecular weight is 495 g/mol. The Morgan fingerprint density at radius 2 is 2.04 bits per heavy atom. The molecule has 0 spiro atoms. The van der Waals surface area contributed by atoms with Crippen LogP contribution in [0.1, 0.15) is 36.9 Å². The summed E-state index contributed by atoms with van der Waals surface area (Å²) >= 11 is 0. The Kier molecular flexibility index (Phi) is 8.82. The van der Waals surface area contributed by atoms with Gasteiger partial charge in [0.15, 0.2) is 5.96 Å². The molecule has 1 fully saturated rings. The van der Waals surface area contributed by atoms with Gasteiger partial charge in [-0.25, -0.2) is 4.98 Å². The lowest BCUT2D eigenvalue weighted by atomic mass is 10.1. The third kappa shape index (κ3) is 5.98. The van der Waals surface area contributed by atoms with E-state index in [0.717, 1.165) is 24.6 Å². The number of methoxy groups -OCH3 is 1. The summed E-state index contributed by atoms with van der Waals surface area (Å²) in [5.74, 6) is 1.38. The minimum Gasteiger partial charge on any atom is -0.481 e. The minimum absolute atomic E-state index is 0. The van der Waals surface area contributed by atoms with Gasteiger partial charge < -0.3 is 20.3 Å². The molecule has 152 valence electrons. The normalized spacial score (nSPS) is 15.0. The molecule has 0 aliphatic carbocycles. The van der Waals surface area contributed by atoms with Crippen molar-refractivity contribution >= 4 is 35.6 Å². The first kappa shape index (κ1) is 22.3. The van der Waals surface area contributed by atoms with Crippen LogP contribution in [-0.4, -0.2) is 38.2 Å². The number of pyridine rings is 1. The number of nitrogens with zero attached hydrogens (tertiary/aromatic N) is 3. The fourth-order valence-electron chi connectivity index (χ4n) is 3.31. The molecule has 1 aliphatic heterocycles. The van der Waals surface area contributed by atoms with Gasteiger partial charge in [-0.05, 0) is 49.1 Å². The lowest BCUT2D eigenvalue weighted by Crippen LogP contribution is -2.38. The molecule has 1 aromatic carbocycles. The summed E-state index contributed by atoms with van der Waals surface area (Å²) in [5, 5.41) is 6.83. The third-order valence-electron chi connectivity index (χ3n) is 4.89. The Labute approximate surface area is 184 Å². The maximum atomic E-state index is 5.17. The van der Waals surface area contributed by atoms with Crippen molar-refractivity contribution in [1.29, 1.82) is 0 Å². The van der Waals surface area contributed by atoms with E-state index in [0.29, 0.717) is 12.4 Å². The second kappa shape index (κ2) is 11.1. The van der Waals surface area contributed by atoms with Gasteiger partial charge >= 0.3 is 0 Å². The van der Waals surface area contributed by atoms with Gasteiger partial charge in [-0.15, -0.1) is 24.0 Å². The summed E-state index contributed by atoms with van der Waals surface area (Å²) in [5.41, 5.74) is 3.66. The molecule has 7 heteroatoms. The van der Waals surface area contributed by atoms with E-state index >= 15 is 0 Å². The van der Waals surface area contributed by atoms with E-state index in [2.05, 4.69) is 56.7 Å². The van der Waals surface area contributed by atoms with Crippen molar-refractivity contribution in [2.45, 2.75) is 32.4 Å². The van der Waals surface area contributed by atoms with Crippen LogP contribution in [0.25, 0.3) is 0 Å². The maximum absolute atomic E-state index is 5.17. The number of ether oxygens (including phenoxy) is 1. The van der Waals surface area contributed by atoms with E-state index in [-0.39, 0.29) is 30.0 Å². The van der Waals surface area contributed by atoms with E-state index in [1.165, 1.54) is 24.1 Å². The number of guanidine groups is 1. The number of halogens is 1. The molecular formula is C21H30IN5O. The summed E-state index contributed by atoms with van der Waals surface area (Å²) < 4.78 is 5.17. The number of rotatable bonds is 6. The molecule has 0 bridgehead atoms. The lowest BCUT2D eigenvalue weighted by Gasteiger charge is -2.22. The minimum atomic E-state index is 0. The van der Waals surface area contributed by atoms with Gasteiger partial charge in [-0.1, -0.05) is 12.1 Å². The van der Waals surface area contributed by atoms with Crippen LogP contribution >= 0.6 is 24.0 Å². The van der Waals surface area contributed by atoms with E-state index in [9.17, 15) is 0 Å². The van der Waals surface area contributed by atoms with E-state index in [1.54, 1.807) is 20.4 Å². The fraction of sp³-hybridized carbons (Fsp3) is 0.429. The van der Waals surface area contributed by atoms with Crippen LogP contribution < -0.4 is 20.3 Å². The monoisotopic (exact) mass is 495 g/mol. The maximum Gasteiger partial charge on any atom is 0.213 e. The van der Waals surface area contributed by atoms with Crippen LogP contribution in [-0.2, 0) is 6.54 Å². The molecular weight excluding hydrogens is 465 g/mol. The molecule has 2 heterocycles. The Morgan fingerprint density at radius 3 is 2.75 bits per heavy atom. The molecule has 1 aliphatic rings. The Bertz CT molecular complexity index is 777. The third-order valence-corrected chi connectivity index (χ3v) is 4.89. The quantitative estimate of drug-likeness (QED) is 0.364. The zero-order valence-electron chi connectivity index (χ0n) is 16.8. The van der Waals surface area contributed by atoms with Crippen LogP contribution in [0.5, 0.6) is 5.88 Å². The topological polar surface area (TPSA) is 61.8 Å². The van der Waals surface area contributed by atoms with Crippen molar-refractivity contribution < 1.29 is 4.74 Å². The molecule has 1 saturated heterocycles. The molecule has 1 atom stereocenters. The predicted molar refractivity (Wildman–Crippen MR) is 126 cm³/mol. The highest BCUT2D eigenvalue weighted by atomic mass is 127. The number of anilines is 1. The molecule has 6 nitrogen and oxygen atoms in total.